The van der Waals surface area contributed by atoms with Crippen LogP contribution in [0, 0.1) is 11.6 Å². The maximum Gasteiger partial charge on any atom is 0.234 e. The van der Waals surface area contributed by atoms with E-state index in [-0.39, 0.29) is 11.4 Å². The van der Waals surface area contributed by atoms with Gasteiger partial charge in [0.1, 0.15) is 18.0 Å². The van der Waals surface area contributed by atoms with E-state index >= 15 is 0 Å². The number of aryl methyl sites for hydroxylation is 1. The Bertz CT molecular complexity index is 666. The number of hydrogen-bond acceptors (Lipinski definition) is 5. The van der Waals surface area contributed by atoms with Crippen LogP contribution in [-0.2, 0) is 16.1 Å². The Balaban J connectivity index is 1.87. The molecule has 124 valence electrons. The fraction of sp³-hybridized carbons (Fsp3) is 0.357. The molecule has 1 N–H and O–H groups in total. The lowest BCUT2D eigenvalue weighted by molar-refractivity contribution is -0.113. The molecule has 0 saturated heterocycles. The summed E-state index contributed by atoms with van der Waals surface area (Å²) in [5.74, 6) is -1.75. The summed E-state index contributed by atoms with van der Waals surface area (Å²) >= 11 is 1.17. The molecule has 0 radical (unpaired) electrons. The molecule has 0 unspecified atom stereocenters. The van der Waals surface area contributed by atoms with Gasteiger partial charge < -0.3 is 14.6 Å². The molecule has 2 rings (SSSR count). The number of aromatic nitrogens is 3. The van der Waals surface area contributed by atoms with Crippen LogP contribution < -0.4 is 5.32 Å². The summed E-state index contributed by atoms with van der Waals surface area (Å²) < 4.78 is 33.3. The first-order valence-electron chi connectivity index (χ1n) is 6.84. The SMILES string of the molecule is COCCCn1cnnc1SCC(=O)Nc1cc(F)ccc1F. The highest BCUT2D eigenvalue weighted by Gasteiger charge is 2.11. The number of amides is 1. The van der Waals surface area contributed by atoms with Crippen molar-refractivity contribution in [1.82, 2.24) is 14.8 Å². The van der Waals surface area contributed by atoms with Gasteiger partial charge in [-0.25, -0.2) is 8.78 Å². The van der Waals surface area contributed by atoms with Crippen LogP contribution in [0.15, 0.2) is 29.7 Å². The topological polar surface area (TPSA) is 69.0 Å². The number of ether oxygens (including phenoxy) is 1. The second kappa shape index (κ2) is 8.59. The third kappa shape index (κ3) is 5.29. The highest BCUT2D eigenvalue weighted by atomic mass is 32.2. The van der Waals surface area contributed by atoms with Gasteiger partial charge in [0.2, 0.25) is 5.91 Å². The fourth-order valence-electron chi connectivity index (χ4n) is 1.80. The number of anilines is 1. The van der Waals surface area contributed by atoms with Gasteiger partial charge in [-0.15, -0.1) is 10.2 Å². The predicted molar refractivity (Wildman–Crippen MR) is 82.2 cm³/mol. The summed E-state index contributed by atoms with van der Waals surface area (Å²) in [6.45, 7) is 1.28. The quantitative estimate of drug-likeness (QED) is 0.589. The summed E-state index contributed by atoms with van der Waals surface area (Å²) in [5, 5.41) is 10.6. The van der Waals surface area contributed by atoms with Gasteiger partial charge in [0.25, 0.3) is 0 Å². The minimum atomic E-state index is -0.688. The summed E-state index contributed by atoms with van der Waals surface area (Å²) in [5.41, 5.74) is -0.183. The fourth-order valence-corrected chi connectivity index (χ4v) is 2.54. The highest BCUT2D eigenvalue weighted by molar-refractivity contribution is 7.99. The van der Waals surface area contributed by atoms with E-state index in [0.29, 0.717) is 18.3 Å². The van der Waals surface area contributed by atoms with Crippen molar-refractivity contribution in [2.24, 2.45) is 0 Å². The first kappa shape index (κ1) is 17.4. The van der Waals surface area contributed by atoms with E-state index in [2.05, 4.69) is 15.5 Å². The van der Waals surface area contributed by atoms with E-state index < -0.39 is 17.5 Å². The lowest BCUT2D eigenvalue weighted by Gasteiger charge is -2.07. The van der Waals surface area contributed by atoms with E-state index in [1.165, 1.54) is 11.8 Å². The Morgan fingerprint density at radius 3 is 3.04 bits per heavy atom. The number of rotatable bonds is 8. The molecule has 1 aromatic carbocycles. The van der Waals surface area contributed by atoms with E-state index in [1.807, 2.05) is 0 Å². The van der Waals surface area contributed by atoms with E-state index in [0.717, 1.165) is 24.6 Å². The molecule has 0 spiro atoms. The van der Waals surface area contributed by atoms with Crippen molar-refractivity contribution in [1.29, 1.82) is 0 Å². The average molecular weight is 342 g/mol. The Morgan fingerprint density at radius 1 is 1.43 bits per heavy atom. The van der Waals surface area contributed by atoms with Crippen LogP contribution in [0.3, 0.4) is 0 Å². The molecule has 0 atom stereocenters. The zero-order valence-corrected chi connectivity index (χ0v) is 13.3. The maximum atomic E-state index is 13.5. The standard InChI is InChI=1S/C14H16F2N4O2S/c1-22-6-2-5-20-9-17-19-14(20)23-8-13(21)18-12-7-10(15)3-4-11(12)16/h3-4,7,9H,2,5-6,8H2,1H3,(H,18,21). The smallest absolute Gasteiger partial charge is 0.234 e. The summed E-state index contributed by atoms with van der Waals surface area (Å²) in [6, 6.07) is 2.89. The van der Waals surface area contributed by atoms with Crippen molar-refractivity contribution < 1.29 is 18.3 Å². The lowest BCUT2D eigenvalue weighted by Crippen LogP contribution is -2.16. The number of nitrogens with zero attached hydrogens (tertiary/aromatic N) is 3. The van der Waals surface area contributed by atoms with Crippen LogP contribution in [0.5, 0.6) is 0 Å². The first-order chi connectivity index (χ1) is 11.1. The molecule has 2 aromatic rings. The van der Waals surface area contributed by atoms with Gasteiger partial charge in [-0.05, 0) is 18.6 Å². The number of methoxy groups -OCH3 is 1. The molecule has 0 aliphatic rings. The van der Waals surface area contributed by atoms with Crippen molar-refractivity contribution in [3.8, 4) is 0 Å². The molecule has 9 heteroatoms. The second-order valence-corrected chi connectivity index (χ2v) is 5.56. The zero-order chi connectivity index (χ0) is 16.7. The number of carbonyl (C=O) groups excluding carboxylic acids is 1. The second-order valence-electron chi connectivity index (χ2n) is 4.61. The Morgan fingerprint density at radius 2 is 2.26 bits per heavy atom. The third-order valence-electron chi connectivity index (χ3n) is 2.86. The van der Waals surface area contributed by atoms with Crippen molar-refractivity contribution in [3.63, 3.8) is 0 Å². The molecular weight excluding hydrogens is 326 g/mol. The molecular formula is C14H16F2N4O2S. The molecule has 0 aliphatic carbocycles. The maximum absolute atomic E-state index is 13.5. The Labute approximate surface area is 136 Å². The van der Waals surface area contributed by atoms with Gasteiger partial charge in [-0.1, -0.05) is 11.8 Å². The van der Waals surface area contributed by atoms with Crippen LogP contribution in [-0.4, -0.2) is 40.1 Å². The van der Waals surface area contributed by atoms with Crippen LogP contribution in [0.4, 0.5) is 14.5 Å². The molecule has 0 aliphatic heterocycles. The minimum Gasteiger partial charge on any atom is -0.385 e. The number of nitrogens with one attached hydrogen (secondary N) is 1. The van der Waals surface area contributed by atoms with Crippen molar-refractivity contribution >= 4 is 23.4 Å². The van der Waals surface area contributed by atoms with E-state index in [9.17, 15) is 13.6 Å². The van der Waals surface area contributed by atoms with Gasteiger partial charge in [0, 0.05) is 26.3 Å². The van der Waals surface area contributed by atoms with Gasteiger partial charge >= 0.3 is 0 Å². The molecule has 0 saturated carbocycles. The van der Waals surface area contributed by atoms with Crippen LogP contribution in [0.2, 0.25) is 0 Å². The molecule has 0 fully saturated rings. The highest BCUT2D eigenvalue weighted by Crippen LogP contribution is 2.18. The summed E-state index contributed by atoms with van der Waals surface area (Å²) in [7, 11) is 1.62. The summed E-state index contributed by atoms with van der Waals surface area (Å²) in [4.78, 5) is 11.8. The van der Waals surface area contributed by atoms with Gasteiger partial charge in [0.05, 0.1) is 11.4 Å². The molecule has 1 heterocycles. The Hall–Kier alpha value is -2.00. The number of hydrogen-bond donors (Lipinski definition) is 1. The average Bonchev–Trinajstić information content (AvgIpc) is 2.97. The zero-order valence-electron chi connectivity index (χ0n) is 12.5. The van der Waals surface area contributed by atoms with Gasteiger partial charge in [0.15, 0.2) is 5.16 Å². The van der Waals surface area contributed by atoms with Gasteiger partial charge in [-0.3, -0.25) is 4.79 Å². The molecule has 23 heavy (non-hydrogen) atoms. The largest absolute Gasteiger partial charge is 0.385 e. The predicted octanol–water partition coefficient (Wildman–Crippen LogP) is 2.32. The van der Waals surface area contributed by atoms with E-state index in [1.54, 1.807) is 18.0 Å². The van der Waals surface area contributed by atoms with Crippen molar-refractivity contribution in [3.05, 3.63) is 36.2 Å². The molecule has 1 aromatic heterocycles. The number of thioether (sulfide) groups is 1. The number of halogens is 2. The summed E-state index contributed by atoms with van der Waals surface area (Å²) in [6.07, 6.45) is 2.37. The van der Waals surface area contributed by atoms with Crippen LogP contribution in [0.25, 0.3) is 0 Å². The number of carbonyl (C=O) groups is 1. The minimum absolute atomic E-state index is 0.0128. The van der Waals surface area contributed by atoms with Crippen molar-refractivity contribution in [2.75, 3.05) is 24.8 Å². The third-order valence-corrected chi connectivity index (χ3v) is 3.84. The van der Waals surface area contributed by atoms with Crippen LogP contribution >= 0.6 is 11.8 Å². The Kier molecular flexibility index (Phi) is 6.48. The molecule has 0 bridgehead atoms. The monoisotopic (exact) mass is 342 g/mol. The molecule has 6 nitrogen and oxygen atoms in total. The normalized spacial score (nSPS) is 10.7. The number of benzene rings is 1. The van der Waals surface area contributed by atoms with Crippen molar-refractivity contribution in [2.45, 2.75) is 18.1 Å². The van der Waals surface area contributed by atoms with Gasteiger partial charge in [-0.2, -0.15) is 0 Å². The first-order valence-corrected chi connectivity index (χ1v) is 7.83. The molecule has 1 amide bonds. The van der Waals surface area contributed by atoms with Crippen LogP contribution in [0.1, 0.15) is 6.42 Å². The lowest BCUT2D eigenvalue weighted by atomic mass is 10.3. The van der Waals surface area contributed by atoms with E-state index in [4.69, 9.17) is 4.74 Å².